The van der Waals surface area contributed by atoms with Gasteiger partial charge in [0.2, 0.25) is 5.91 Å². The number of carbonyl (C=O) groups excluding carboxylic acids is 1. The van der Waals surface area contributed by atoms with E-state index in [4.69, 9.17) is 0 Å². The molecule has 0 unspecified atom stereocenters. The highest BCUT2D eigenvalue weighted by molar-refractivity contribution is 9.10. The molecule has 0 aliphatic carbocycles. The Bertz CT molecular complexity index is 949. The first-order valence-corrected chi connectivity index (χ1v) is 8.34. The Morgan fingerprint density at radius 1 is 1.25 bits per heavy atom. The van der Waals surface area contributed by atoms with E-state index in [1.807, 2.05) is 31.2 Å². The van der Waals surface area contributed by atoms with E-state index >= 15 is 0 Å². The zero-order valence-electron chi connectivity index (χ0n) is 13.1. The van der Waals surface area contributed by atoms with Crippen LogP contribution >= 0.6 is 15.9 Å². The van der Waals surface area contributed by atoms with Crippen LogP contribution in [0.3, 0.4) is 0 Å². The summed E-state index contributed by atoms with van der Waals surface area (Å²) in [5, 5.41) is 3.73. The van der Waals surface area contributed by atoms with Crippen LogP contribution in [-0.4, -0.2) is 15.9 Å². The maximum Gasteiger partial charge on any atom is 0.251 e. The third kappa shape index (κ3) is 3.89. The molecule has 0 atom stereocenters. The molecular weight excluding hydrogens is 370 g/mol. The number of amides is 1. The highest BCUT2D eigenvalue weighted by Gasteiger charge is 2.08. The molecule has 0 spiro atoms. The zero-order chi connectivity index (χ0) is 17.1. The van der Waals surface area contributed by atoms with Crippen LogP contribution in [0, 0.1) is 6.92 Å². The molecule has 5 nitrogen and oxygen atoms in total. The van der Waals surface area contributed by atoms with E-state index in [-0.39, 0.29) is 17.9 Å². The quantitative estimate of drug-likeness (QED) is 0.674. The minimum absolute atomic E-state index is 0.147. The average molecular weight is 386 g/mol. The number of pyridine rings is 2. The number of halogens is 1. The van der Waals surface area contributed by atoms with Gasteiger partial charge in [-0.25, -0.2) is 4.98 Å². The number of fused-ring (bicyclic) bond motifs is 1. The van der Waals surface area contributed by atoms with Gasteiger partial charge in [0.25, 0.3) is 5.56 Å². The number of nitrogens with one attached hydrogen (secondary N) is 2. The molecular formula is C18H16BrN3O2. The summed E-state index contributed by atoms with van der Waals surface area (Å²) in [5.41, 5.74) is 3.00. The first kappa shape index (κ1) is 16.4. The largest absolute Gasteiger partial charge is 0.325 e. The van der Waals surface area contributed by atoms with Crippen molar-refractivity contribution in [3.63, 3.8) is 0 Å². The van der Waals surface area contributed by atoms with E-state index < -0.39 is 0 Å². The lowest BCUT2D eigenvalue weighted by Gasteiger charge is -2.06. The second-order valence-corrected chi connectivity index (χ2v) is 6.44. The fourth-order valence-electron chi connectivity index (χ4n) is 2.47. The van der Waals surface area contributed by atoms with Crippen molar-refractivity contribution >= 4 is 38.4 Å². The highest BCUT2D eigenvalue weighted by Crippen LogP contribution is 2.14. The van der Waals surface area contributed by atoms with Gasteiger partial charge in [0.1, 0.15) is 4.60 Å². The number of H-pyrrole nitrogens is 1. The second kappa shape index (κ2) is 6.97. The molecule has 0 saturated carbocycles. The topological polar surface area (TPSA) is 74.8 Å². The number of rotatable bonds is 4. The van der Waals surface area contributed by atoms with E-state index in [9.17, 15) is 9.59 Å². The van der Waals surface area contributed by atoms with Crippen molar-refractivity contribution in [1.29, 1.82) is 0 Å². The van der Waals surface area contributed by atoms with E-state index in [2.05, 4.69) is 31.2 Å². The van der Waals surface area contributed by atoms with Gasteiger partial charge in [0.15, 0.2) is 0 Å². The summed E-state index contributed by atoms with van der Waals surface area (Å²) >= 11 is 3.24. The lowest BCUT2D eigenvalue weighted by atomic mass is 10.1. The van der Waals surface area contributed by atoms with E-state index in [1.165, 1.54) is 0 Å². The van der Waals surface area contributed by atoms with Gasteiger partial charge >= 0.3 is 0 Å². The van der Waals surface area contributed by atoms with Crippen molar-refractivity contribution in [3.8, 4) is 0 Å². The highest BCUT2D eigenvalue weighted by atomic mass is 79.9. The van der Waals surface area contributed by atoms with Gasteiger partial charge in [-0.05, 0) is 64.5 Å². The first-order valence-electron chi connectivity index (χ1n) is 7.55. The van der Waals surface area contributed by atoms with Gasteiger partial charge in [-0.1, -0.05) is 12.1 Å². The molecule has 122 valence electrons. The minimum atomic E-state index is -0.150. The summed E-state index contributed by atoms with van der Waals surface area (Å²) in [6, 6.07) is 11.3. The third-order valence-electron chi connectivity index (χ3n) is 3.71. The molecule has 0 saturated heterocycles. The lowest BCUT2D eigenvalue weighted by Crippen LogP contribution is -2.17. The number of aromatic amines is 1. The van der Waals surface area contributed by atoms with Crippen LogP contribution in [0.15, 0.2) is 52.0 Å². The Morgan fingerprint density at radius 2 is 2.08 bits per heavy atom. The SMILES string of the molecule is Cc1ccc2cc(CCC(=O)Nc3ccc(Br)nc3)c(=O)[nH]c2c1. The van der Waals surface area contributed by atoms with Gasteiger partial charge in [-0.2, -0.15) is 0 Å². The molecule has 2 N–H and O–H groups in total. The molecule has 3 aromatic rings. The zero-order valence-corrected chi connectivity index (χ0v) is 14.7. The van der Waals surface area contributed by atoms with Gasteiger partial charge in [-0.3, -0.25) is 9.59 Å². The van der Waals surface area contributed by atoms with Crippen LogP contribution in [0.25, 0.3) is 10.9 Å². The molecule has 24 heavy (non-hydrogen) atoms. The fourth-order valence-corrected chi connectivity index (χ4v) is 2.70. The summed E-state index contributed by atoms with van der Waals surface area (Å²) in [6.45, 7) is 1.98. The molecule has 2 heterocycles. The molecule has 0 fully saturated rings. The van der Waals surface area contributed by atoms with Crippen molar-refractivity contribution in [2.24, 2.45) is 0 Å². The number of anilines is 1. The van der Waals surface area contributed by atoms with Gasteiger partial charge in [-0.15, -0.1) is 0 Å². The normalized spacial score (nSPS) is 10.8. The number of nitrogens with zero attached hydrogens (tertiary/aromatic N) is 1. The monoisotopic (exact) mass is 385 g/mol. The Morgan fingerprint density at radius 3 is 2.83 bits per heavy atom. The van der Waals surface area contributed by atoms with Crippen LogP contribution in [0.1, 0.15) is 17.5 Å². The summed E-state index contributed by atoms with van der Waals surface area (Å²) in [5.74, 6) is -0.150. The van der Waals surface area contributed by atoms with Gasteiger partial charge in [0, 0.05) is 17.5 Å². The second-order valence-electron chi connectivity index (χ2n) is 5.63. The van der Waals surface area contributed by atoms with Crippen LogP contribution in [0.2, 0.25) is 0 Å². The number of hydrogen-bond acceptors (Lipinski definition) is 3. The standard InChI is InChI=1S/C18H16BrN3O2/c1-11-2-3-12-9-13(18(24)22-15(12)8-11)4-7-17(23)21-14-5-6-16(19)20-10-14/h2-3,5-6,8-10H,4,7H2,1H3,(H,21,23)(H,22,24). The molecule has 0 bridgehead atoms. The smallest absolute Gasteiger partial charge is 0.251 e. The van der Waals surface area contributed by atoms with Crippen molar-refractivity contribution in [1.82, 2.24) is 9.97 Å². The number of aromatic nitrogens is 2. The van der Waals surface area contributed by atoms with Gasteiger partial charge < -0.3 is 10.3 Å². The third-order valence-corrected chi connectivity index (χ3v) is 4.18. The molecule has 6 heteroatoms. The predicted molar refractivity (Wildman–Crippen MR) is 98.2 cm³/mol. The Balaban J connectivity index is 1.69. The maximum absolute atomic E-state index is 12.2. The van der Waals surface area contributed by atoms with Crippen molar-refractivity contribution in [2.75, 3.05) is 5.32 Å². The summed E-state index contributed by atoms with van der Waals surface area (Å²) in [4.78, 5) is 31.1. The van der Waals surface area contributed by atoms with Crippen LogP contribution < -0.4 is 10.9 Å². The van der Waals surface area contributed by atoms with E-state index in [0.717, 1.165) is 16.5 Å². The molecule has 1 amide bonds. The maximum atomic E-state index is 12.2. The Hall–Kier alpha value is -2.47. The van der Waals surface area contributed by atoms with Crippen LogP contribution in [0.5, 0.6) is 0 Å². The number of benzene rings is 1. The molecule has 1 aromatic carbocycles. The van der Waals surface area contributed by atoms with E-state index in [1.54, 1.807) is 18.3 Å². The van der Waals surface area contributed by atoms with E-state index in [0.29, 0.717) is 22.3 Å². The number of carbonyl (C=O) groups is 1. The average Bonchev–Trinajstić information content (AvgIpc) is 2.55. The van der Waals surface area contributed by atoms with Crippen molar-refractivity contribution in [3.05, 3.63) is 68.7 Å². The fraction of sp³-hybridized carbons (Fsp3) is 0.167. The van der Waals surface area contributed by atoms with Crippen LogP contribution in [-0.2, 0) is 11.2 Å². The first-order chi connectivity index (χ1) is 11.5. The molecule has 0 radical (unpaired) electrons. The number of hydrogen-bond donors (Lipinski definition) is 2. The lowest BCUT2D eigenvalue weighted by molar-refractivity contribution is -0.116. The summed E-state index contributed by atoms with van der Waals surface area (Å²) < 4.78 is 0.707. The molecule has 3 rings (SSSR count). The van der Waals surface area contributed by atoms with Crippen molar-refractivity contribution in [2.45, 2.75) is 19.8 Å². The number of aryl methyl sites for hydroxylation is 2. The molecule has 0 aliphatic rings. The summed E-state index contributed by atoms with van der Waals surface area (Å²) in [6.07, 6.45) is 2.19. The van der Waals surface area contributed by atoms with Crippen molar-refractivity contribution < 1.29 is 4.79 Å². The predicted octanol–water partition coefficient (Wildman–Crippen LogP) is 3.57. The van der Waals surface area contributed by atoms with Gasteiger partial charge in [0.05, 0.1) is 11.9 Å². The van der Waals surface area contributed by atoms with Crippen LogP contribution in [0.4, 0.5) is 5.69 Å². The Labute approximate surface area is 147 Å². The summed E-state index contributed by atoms with van der Waals surface area (Å²) in [7, 11) is 0. The molecule has 0 aliphatic heterocycles. The minimum Gasteiger partial charge on any atom is -0.325 e. The Kier molecular flexibility index (Phi) is 4.76. The molecule has 2 aromatic heterocycles.